The normalized spacial score (nSPS) is 23.2. The molecule has 30 heavy (non-hydrogen) atoms. The van der Waals surface area contributed by atoms with E-state index in [0.717, 1.165) is 37.2 Å². The number of benzene rings is 1. The Morgan fingerprint density at radius 1 is 1.30 bits per heavy atom. The molecule has 2 aliphatic rings. The van der Waals surface area contributed by atoms with Gasteiger partial charge >= 0.3 is 6.09 Å². The zero-order chi connectivity index (χ0) is 21.0. The summed E-state index contributed by atoms with van der Waals surface area (Å²) in [5, 5.41) is 15.9. The van der Waals surface area contributed by atoms with E-state index in [1.807, 2.05) is 43.9 Å². The molecule has 2 aliphatic heterocycles. The molecule has 164 valence electrons. The van der Waals surface area contributed by atoms with Gasteiger partial charge in [-0.15, -0.1) is 24.0 Å². The van der Waals surface area contributed by atoms with Gasteiger partial charge in [-0.2, -0.15) is 5.26 Å². The predicted octanol–water partition coefficient (Wildman–Crippen LogP) is 3.77. The van der Waals surface area contributed by atoms with Crippen molar-refractivity contribution in [1.29, 1.82) is 5.26 Å². The SMILES string of the molecule is CN=C(NCc1cccc(C#N)c1)NC1CC2CCC(C1)N2C(=O)OC(C)(C)C.I. The van der Waals surface area contributed by atoms with E-state index in [-0.39, 0.29) is 48.2 Å². The van der Waals surface area contributed by atoms with Crippen molar-refractivity contribution in [2.75, 3.05) is 7.05 Å². The third-order valence-electron chi connectivity index (χ3n) is 5.42. The summed E-state index contributed by atoms with van der Waals surface area (Å²) in [5.41, 5.74) is 1.21. The van der Waals surface area contributed by atoms with Crippen LogP contribution in [-0.4, -0.2) is 47.7 Å². The molecule has 0 aromatic heterocycles. The number of hydrogen-bond acceptors (Lipinski definition) is 4. The van der Waals surface area contributed by atoms with Crippen LogP contribution in [0.15, 0.2) is 29.3 Å². The molecule has 2 saturated heterocycles. The van der Waals surface area contributed by atoms with Gasteiger partial charge in [0.25, 0.3) is 0 Å². The number of nitrogens with one attached hydrogen (secondary N) is 2. The Kier molecular flexibility index (Phi) is 8.35. The van der Waals surface area contributed by atoms with E-state index in [1.165, 1.54) is 0 Å². The highest BCUT2D eigenvalue weighted by molar-refractivity contribution is 14.0. The number of rotatable bonds is 3. The lowest BCUT2D eigenvalue weighted by Gasteiger charge is -2.40. The number of hydrogen-bond donors (Lipinski definition) is 2. The number of amides is 1. The summed E-state index contributed by atoms with van der Waals surface area (Å²) in [5.74, 6) is 0.738. The van der Waals surface area contributed by atoms with Gasteiger partial charge in [-0.05, 0) is 64.2 Å². The standard InChI is InChI=1S/C22H31N5O2.HI/c1-22(2,3)29-21(28)27-18-8-9-19(27)12-17(11-18)26-20(24-4)25-14-16-7-5-6-15(10-16)13-23;/h5-7,10,17-19H,8-9,11-12,14H2,1-4H3,(H2,24,25,26);1H. The van der Waals surface area contributed by atoms with E-state index in [1.54, 1.807) is 13.1 Å². The van der Waals surface area contributed by atoms with Gasteiger partial charge in [-0.1, -0.05) is 12.1 Å². The van der Waals surface area contributed by atoms with Crippen LogP contribution >= 0.6 is 24.0 Å². The number of aliphatic imine (C=N–C) groups is 1. The predicted molar refractivity (Wildman–Crippen MR) is 128 cm³/mol. The number of carbonyl (C=O) groups is 1. The lowest BCUT2D eigenvalue weighted by molar-refractivity contribution is 0.00545. The second kappa shape index (κ2) is 10.3. The summed E-state index contributed by atoms with van der Waals surface area (Å²) in [6.07, 6.45) is 3.63. The molecule has 1 amide bonds. The van der Waals surface area contributed by atoms with Crippen LogP contribution in [0.4, 0.5) is 4.79 Å². The minimum absolute atomic E-state index is 0. The van der Waals surface area contributed by atoms with Gasteiger partial charge < -0.3 is 20.3 Å². The van der Waals surface area contributed by atoms with Gasteiger partial charge in [-0.25, -0.2) is 4.79 Å². The Morgan fingerprint density at radius 3 is 2.53 bits per heavy atom. The van der Waals surface area contributed by atoms with E-state index < -0.39 is 5.60 Å². The summed E-state index contributed by atoms with van der Waals surface area (Å²) >= 11 is 0. The van der Waals surface area contributed by atoms with Crippen molar-refractivity contribution in [3.63, 3.8) is 0 Å². The second-order valence-electron chi connectivity index (χ2n) is 8.82. The van der Waals surface area contributed by atoms with E-state index in [2.05, 4.69) is 21.7 Å². The van der Waals surface area contributed by atoms with Crippen molar-refractivity contribution >= 4 is 36.0 Å². The number of carbonyl (C=O) groups excluding carboxylic acids is 1. The van der Waals surface area contributed by atoms with Crippen LogP contribution in [0, 0.1) is 11.3 Å². The summed E-state index contributed by atoms with van der Waals surface area (Å²) in [6.45, 7) is 6.31. The number of fused-ring (bicyclic) bond motifs is 2. The molecule has 2 N–H and O–H groups in total. The molecule has 0 aliphatic carbocycles. The minimum atomic E-state index is -0.472. The van der Waals surface area contributed by atoms with Crippen LogP contribution in [0.5, 0.6) is 0 Å². The maximum Gasteiger partial charge on any atom is 0.410 e. The van der Waals surface area contributed by atoms with E-state index in [0.29, 0.717) is 12.1 Å². The van der Waals surface area contributed by atoms with Crippen LogP contribution in [0.25, 0.3) is 0 Å². The van der Waals surface area contributed by atoms with Crippen molar-refractivity contribution in [2.24, 2.45) is 4.99 Å². The van der Waals surface area contributed by atoms with E-state index in [4.69, 9.17) is 10.00 Å². The Morgan fingerprint density at radius 2 is 1.97 bits per heavy atom. The number of ether oxygens (including phenoxy) is 1. The number of guanidine groups is 1. The first kappa shape index (κ1) is 24.3. The molecule has 1 aromatic carbocycles. The molecule has 8 heteroatoms. The fourth-order valence-electron chi connectivity index (χ4n) is 4.23. The lowest BCUT2D eigenvalue weighted by atomic mass is 9.98. The number of nitriles is 1. The van der Waals surface area contributed by atoms with Crippen LogP contribution in [0.2, 0.25) is 0 Å². The van der Waals surface area contributed by atoms with Gasteiger partial charge in [0.2, 0.25) is 0 Å². The molecule has 2 atom stereocenters. The molecule has 2 heterocycles. The molecular formula is C22H32IN5O2. The quantitative estimate of drug-likeness (QED) is 0.356. The Hall–Kier alpha value is -2.02. The van der Waals surface area contributed by atoms with Crippen molar-refractivity contribution in [2.45, 2.75) is 76.7 Å². The van der Waals surface area contributed by atoms with Gasteiger partial charge in [0.1, 0.15) is 5.60 Å². The highest BCUT2D eigenvalue weighted by Gasteiger charge is 2.45. The van der Waals surface area contributed by atoms with Crippen LogP contribution in [-0.2, 0) is 11.3 Å². The van der Waals surface area contributed by atoms with Gasteiger partial charge in [0.15, 0.2) is 5.96 Å². The average Bonchev–Trinajstić information content (AvgIpc) is 2.95. The van der Waals surface area contributed by atoms with Crippen molar-refractivity contribution in [3.8, 4) is 6.07 Å². The first-order valence-corrected chi connectivity index (χ1v) is 10.3. The minimum Gasteiger partial charge on any atom is -0.444 e. The second-order valence-corrected chi connectivity index (χ2v) is 8.82. The fourth-order valence-corrected chi connectivity index (χ4v) is 4.23. The highest BCUT2D eigenvalue weighted by Crippen LogP contribution is 2.36. The van der Waals surface area contributed by atoms with Crippen LogP contribution in [0.1, 0.15) is 57.6 Å². The van der Waals surface area contributed by atoms with Crippen molar-refractivity contribution in [3.05, 3.63) is 35.4 Å². The third-order valence-corrected chi connectivity index (χ3v) is 5.42. The lowest BCUT2D eigenvalue weighted by Crippen LogP contribution is -2.54. The molecule has 0 spiro atoms. The molecule has 2 unspecified atom stereocenters. The maximum atomic E-state index is 12.6. The summed E-state index contributed by atoms with van der Waals surface area (Å²) in [7, 11) is 1.76. The summed E-state index contributed by atoms with van der Waals surface area (Å²) in [6, 6.07) is 10.4. The number of nitrogens with zero attached hydrogens (tertiary/aromatic N) is 3. The zero-order valence-corrected chi connectivity index (χ0v) is 20.5. The van der Waals surface area contributed by atoms with Crippen molar-refractivity contribution < 1.29 is 9.53 Å². The molecule has 7 nitrogen and oxygen atoms in total. The third kappa shape index (κ3) is 6.24. The number of halogens is 1. The number of piperidine rings is 1. The maximum absolute atomic E-state index is 12.6. The molecule has 2 bridgehead atoms. The Labute approximate surface area is 196 Å². The first-order chi connectivity index (χ1) is 13.8. The smallest absolute Gasteiger partial charge is 0.410 e. The molecule has 0 saturated carbocycles. The van der Waals surface area contributed by atoms with Crippen LogP contribution < -0.4 is 10.6 Å². The monoisotopic (exact) mass is 525 g/mol. The Bertz CT molecular complexity index is 800. The Balaban J connectivity index is 0.00000320. The molecule has 0 radical (unpaired) electrons. The van der Waals surface area contributed by atoms with Crippen molar-refractivity contribution in [1.82, 2.24) is 15.5 Å². The van der Waals surface area contributed by atoms with Gasteiger partial charge in [0, 0.05) is 31.7 Å². The van der Waals surface area contributed by atoms with Gasteiger partial charge in [0.05, 0.1) is 11.6 Å². The topological polar surface area (TPSA) is 89.8 Å². The summed E-state index contributed by atoms with van der Waals surface area (Å²) in [4.78, 5) is 18.9. The van der Waals surface area contributed by atoms with E-state index in [9.17, 15) is 4.79 Å². The molecule has 2 fully saturated rings. The fraction of sp³-hybridized carbons (Fsp3) is 0.591. The largest absolute Gasteiger partial charge is 0.444 e. The highest BCUT2D eigenvalue weighted by atomic mass is 127. The summed E-state index contributed by atoms with van der Waals surface area (Å²) < 4.78 is 5.61. The average molecular weight is 525 g/mol. The zero-order valence-electron chi connectivity index (χ0n) is 18.1. The van der Waals surface area contributed by atoms with Gasteiger partial charge in [-0.3, -0.25) is 4.99 Å². The molecule has 3 rings (SSSR count). The van der Waals surface area contributed by atoms with E-state index >= 15 is 0 Å². The molecule has 1 aromatic rings. The first-order valence-electron chi connectivity index (χ1n) is 10.3. The van der Waals surface area contributed by atoms with Crippen LogP contribution in [0.3, 0.4) is 0 Å². The molecular weight excluding hydrogens is 493 g/mol.